The van der Waals surface area contributed by atoms with Crippen LogP contribution in [0.25, 0.3) is 27.5 Å². The van der Waals surface area contributed by atoms with E-state index in [9.17, 15) is 14.4 Å². The predicted octanol–water partition coefficient (Wildman–Crippen LogP) is 4.66. The summed E-state index contributed by atoms with van der Waals surface area (Å²) in [5, 5.41) is 10.7. The zero-order valence-electron chi connectivity index (χ0n) is 16.7. The molecule has 1 aliphatic heterocycles. The van der Waals surface area contributed by atoms with Gasteiger partial charge in [-0.2, -0.15) is 0 Å². The summed E-state index contributed by atoms with van der Waals surface area (Å²) in [7, 11) is 0. The second kappa shape index (κ2) is 7.14. The van der Waals surface area contributed by atoms with Crippen molar-refractivity contribution in [1.29, 1.82) is 5.26 Å². The lowest BCUT2D eigenvalue weighted by Crippen LogP contribution is -2.30. The molecule has 5 nitrogen and oxygen atoms in total. The zero-order chi connectivity index (χ0) is 20.8. The lowest BCUT2D eigenvalue weighted by atomic mass is 9.42. The molecule has 1 unspecified atom stereocenters. The maximum atomic E-state index is 14.5. The van der Waals surface area contributed by atoms with Crippen LogP contribution in [-0.4, -0.2) is 20.7 Å². The first-order valence-corrected chi connectivity index (χ1v) is 10.2. The van der Waals surface area contributed by atoms with Gasteiger partial charge < -0.3 is 8.97 Å². The van der Waals surface area contributed by atoms with Crippen molar-refractivity contribution in [2.45, 2.75) is 38.4 Å². The minimum absolute atomic E-state index is 0.0188. The number of imidazole rings is 1. The number of pyridine rings is 2. The van der Waals surface area contributed by atoms with E-state index in [4.69, 9.17) is 0 Å². The van der Waals surface area contributed by atoms with Crippen LogP contribution in [0, 0.1) is 24.0 Å². The summed E-state index contributed by atoms with van der Waals surface area (Å²) in [6.45, 7) is 1.85. The molecule has 0 aliphatic carbocycles. The van der Waals surface area contributed by atoms with Crippen LogP contribution in [0.1, 0.15) is 24.6 Å². The lowest BCUT2D eigenvalue weighted by molar-refractivity contribution is 0.469. The van der Waals surface area contributed by atoms with Crippen LogP contribution in [0.5, 0.6) is 0 Å². The van der Waals surface area contributed by atoms with Crippen molar-refractivity contribution in [1.82, 2.24) is 14.0 Å². The Kier molecular flexibility index (Phi) is 4.43. The van der Waals surface area contributed by atoms with Gasteiger partial charge in [0.25, 0.3) is 12.3 Å². The molecular formula is C23H20BFN4O. The number of benzene rings is 1. The van der Waals surface area contributed by atoms with E-state index in [1.807, 2.05) is 43.6 Å². The van der Waals surface area contributed by atoms with Gasteiger partial charge in [-0.15, -0.1) is 0 Å². The van der Waals surface area contributed by atoms with Gasteiger partial charge in [0.1, 0.15) is 0 Å². The first-order valence-electron chi connectivity index (χ1n) is 10.2. The van der Waals surface area contributed by atoms with Crippen LogP contribution < -0.4 is 5.56 Å². The van der Waals surface area contributed by atoms with Gasteiger partial charge in [0, 0.05) is 41.6 Å². The molecule has 5 rings (SSSR count). The molecule has 0 radical (unpaired) electrons. The van der Waals surface area contributed by atoms with Gasteiger partial charge in [-0.25, -0.2) is 14.6 Å². The average Bonchev–Trinajstić information content (AvgIpc) is 3.14. The minimum atomic E-state index is -0.375. The predicted molar refractivity (Wildman–Crippen MR) is 116 cm³/mol. The molecule has 4 aromatic rings. The Morgan fingerprint density at radius 1 is 1.23 bits per heavy atom. The smallest absolute Gasteiger partial charge is 0.269 e. The molecule has 0 bridgehead atoms. The van der Waals surface area contributed by atoms with Crippen LogP contribution in [-0.2, 0) is 0 Å². The zero-order valence-corrected chi connectivity index (χ0v) is 16.7. The van der Waals surface area contributed by atoms with Crippen molar-refractivity contribution in [2.75, 3.05) is 0 Å². The Bertz CT molecular complexity index is 1380. The number of halogens is 1. The van der Waals surface area contributed by atoms with Crippen molar-refractivity contribution >= 4 is 23.1 Å². The van der Waals surface area contributed by atoms with E-state index in [2.05, 4.69) is 11.0 Å². The summed E-state index contributed by atoms with van der Waals surface area (Å²) >= 11 is 0. The van der Waals surface area contributed by atoms with Crippen molar-refractivity contribution in [3.63, 3.8) is 0 Å². The van der Waals surface area contributed by atoms with Gasteiger partial charge in [-0.05, 0) is 54.9 Å². The van der Waals surface area contributed by atoms with Crippen molar-refractivity contribution < 1.29 is 4.39 Å². The van der Waals surface area contributed by atoms with Crippen LogP contribution in [0.2, 0.25) is 12.6 Å². The molecule has 1 fully saturated rings. The molecule has 1 aliphatic rings. The van der Waals surface area contributed by atoms with Gasteiger partial charge >= 0.3 is 0 Å². The Labute approximate surface area is 173 Å². The highest BCUT2D eigenvalue weighted by atomic mass is 19.1. The third-order valence-corrected chi connectivity index (χ3v) is 6.11. The molecular weight excluding hydrogens is 378 g/mol. The fourth-order valence-corrected chi connectivity index (χ4v) is 4.60. The van der Waals surface area contributed by atoms with E-state index in [1.165, 1.54) is 6.07 Å². The maximum Gasteiger partial charge on any atom is 0.269 e. The van der Waals surface area contributed by atoms with Crippen LogP contribution >= 0.6 is 0 Å². The molecule has 1 aromatic carbocycles. The van der Waals surface area contributed by atoms with E-state index in [0.717, 1.165) is 47.7 Å². The number of aromatic nitrogens is 3. The number of nitrogens with zero attached hydrogens (tertiary/aromatic N) is 4. The number of hydrogen-bond donors (Lipinski definition) is 0. The highest BCUT2D eigenvalue weighted by Crippen LogP contribution is 2.30. The molecule has 1 atom stereocenters. The first-order chi connectivity index (χ1) is 14.5. The monoisotopic (exact) mass is 398 g/mol. The van der Waals surface area contributed by atoms with E-state index >= 15 is 0 Å². The molecule has 4 heterocycles. The fourth-order valence-electron chi connectivity index (χ4n) is 4.60. The summed E-state index contributed by atoms with van der Waals surface area (Å²) < 4.78 is 18.0. The number of hydrogen-bond acceptors (Lipinski definition) is 3. The normalized spacial score (nSPS) is 16.8. The molecule has 0 saturated carbocycles. The van der Waals surface area contributed by atoms with Crippen molar-refractivity contribution in [2.24, 2.45) is 0 Å². The Morgan fingerprint density at radius 3 is 2.93 bits per heavy atom. The second-order valence-electron chi connectivity index (χ2n) is 8.17. The number of nitriles is 1. The second-order valence-corrected chi connectivity index (χ2v) is 8.17. The molecule has 0 spiro atoms. The average molecular weight is 398 g/mol. The quantitative estimate of drug-likeness (QED) is 0.462. The summed E-state index contributed by atoms with van der Waals surface area (Å²) in [6, 6.07) is 9.08. The standard InChI is InChI=1S/C23H20BFN4O/c1-15-12-28-13-18(10-21(25)22(28)27-15)16-4-5-20-17(9-16)6-8-29(23(20)30)19-3-2-7-24(11-19)14-26/h4-6,8-10,12-13,19H,2-3,7,11H2,1H3. The third kappa shape index (κ3) is 3.09. The summed E-state index contributed by atoms with van der Waals surface area (Å²) in [5.74, 6) is 1.98. The van der Waals surface area contributed by atoms with Crippen LogP contribution in [0.15, 0.2) is 53.7 Å². The highest BCUT2D eigenvalue weighted by Gasteiger charge is 2.27. The molecule has 148 valence electrons. The lowest BCUT2D eigenvalue weighted by Gasteiger charge is -2.25. The molecule has 1 saturated heterocycles. The van der Waals surface area contributed by atoms with E-state index in [-0.39, 0.29) is 24.1 Å². The molecule has 30 heavy (non-hydrogen) atoms. The number of aryl methyl sites for hydroxylation is 1. The van der Waals surface area contributed by atoms with Gasteiger partial charge in [-0.3, -0.25) is 4.79 Å². The SMILES string of the molecule is Cc1cn2cc(-c3ccc4c(=O)n(C5CCCB(C#N)C5)ccc4c3)cc(F)c2n1. The molecule has 7 heteroatoms. The fraction of sp³-hybridized carbons (Fsp3) is 0.261. The van der Waals surface area contributed by atoms with Crippen LogP contribution in [0.4, 0.5) is 4.39 Å². The van der Waals surface area contributed by atoms with Crippen molar-refractivity contribution in [3.8, 4) is 17.1 Å². The van der Waals surface area contributed by atoms with Gasteiger partial charge in [0.2, 0.25) is 0 Å². The maximum absolute atomic E-state index is 14.5. The highest BCUT2D eigenvalue weighted by molar-refractivity contribution is 6.67. The van der Waals surface area contributed by atoms with Crippen molar-refractivity contribution in [3.05, 3.63) is 70.8 Å². The number of fused-ring (bicyclic) bond motifs is 2. The van der Waals surface area contributed by atoms with Gasteiger partial charge in [-0.1, -0.05) is 18.8 Å². The minimum Gasteiger partial charge on any atom is -0.313 e. The van der Waals surface area contributed by atoms with E-state index < -0.39 is 0 Å². The Morgan fingerprint density at radius 2 is 2.10 bits per heavy atom. The summed E-state index contributed by atoms with van der Waals surface area (Å²) in [4.78, 5) is 17.3. The molecule has 0 N–H and O–H groups in total. The van der Waals surface area contributed by atoms with Gasteiger partial charge in [0.15, 0.2) is 11.5 Å². The number of rotatable bonds is 2. The van der Waals surface area contributed by atoms with E-state index in [1.54, 1.807) is 15.2 Å². The summed E-state index contributed by atoms with van der Waals surface area (Å²) in [5.41, 5.74) is 2.60. The topological polar surface area (TPSA) is 63.1 Å². The Hall–Kier alpha value is -3.40. The molecule has 3 aromatic heterocycles. The van der Waals surface area contributed by atoms with E-state index in [0.29, 0.717) is 11.0 Å². The van der Waals surface area contributed by atoms with Crippen LogP contribution in [0.3, 0.4) is 0 Å². The summed E-state index contributed by atoms with van der Waals surface area (Å²) in [6.07, 6.45) is 9.01. The van der Waals surface area contributed by atoms with Gasteiger partial charge in [0.05, 0.1) is 5.69 Å². The largest absolute Gasteiger partial charge is 0.313 e. The third-order valence-electron chi connectivity index (χ3n) is 6.11. The first kappa shape index (κ1) is 18.6. The molecule has 0 amide bonds. The Balaban J connectivity index is 1.56.